The van der Waals surface area contributed by atoms with Crippen LogP contribution in [0.1, 0.15) is 0 Å². The van der Waals surface area contributed by atoms with Crippen LogP contribution in [0.2, 0.25) is 0 Å². The Hall–Kier alpha value is -11.2. The molecule has 0 aliphatic rings. The second kappa shape index (κ2) is 21.1. The molecule has 13 aromatic carbocycles. The fraction of sp³-hybridized carbons (Fsp3) is 0. The van der Waals surface area contributed by atoms with Gasteiger partial charge in [-0.15, -0.1) is 0 Å². The zero-order chi connectivity index (χ0) is 58.1. The third-order valence-corrected chi connectivity index (χ3v) is 27.9. The molecule has 0 saturated heterocycles. The molecule has 412 valence electrons. The maximum atomic E-state index is 5.52. The van der Waals surface area contributed by atoms with Crippen molar-refractivity contribution in [3.05, 3.63) is 328 Å². The second-order valence-electron chi connectivity index (χ2n) is 22.7. The van der Waals surface area contributed by atoms with Crippen molar-refractivity contribution in [3.8, 4) is 62.4 Å². The Labute approximate surface area is 511 Å². The van der Waals surface area contributed by atoms with Crippen LogP contribution < -0.4 is 17.6 Å². The van der Waals surface area contributed by atoms with Gasteiger partial charge in [-0.25, -0.2) is 0 Å². The van der Waals surface area contributed by atoms with Gasteiger partial charge in [0.15, 0.2) is 0 Å². The van der Waals surface area contributed by atoms with Crippen molar-refractivity contribution in [3.63, 3.8) is 0 Å². The molecule has 0 unspecified atom stereocenters. The molecule has 0 amide bonds. The number of fused-ring (bicyclic) bond motifs is 9. The molecule has 0 spiro atoms. The predicted octanol–water partition coefficient (Wildman–Crippen LogP) is 17.2. The Morgan fingerprint density at radius 2 is 0.557 bits per heavy atom. The molecule has 0 radical (unpaired) electrons. The summed E-state index contributed by atoms with van der Waals surface area (Å²) in [5.74, 6) is 1.77. The van der Waals surface area contributed by atoms with Crippen LogP contribution in [0.25, 0.3) is 128 Å². The first-order valence-corrected chi connectivity index (χ1v) is 34.2. The number of aromatic nitrogens is 6. The van der Waals surface area contributed by atoms with Crippen molar-refractivity contribution >= 4 is 96.3 Å². The molecular weight excluding hydrogens is 1130 g/mol. The number of hydrogen-bond acceptors (Lipinski definition) is 3. The third-order valence-electron chi connectivity index (χ3n) is 17.8. The molecule has 4 heterocycles. The van der Waals surface area contributed by atoms with Crippen molar-refractivity contribution in [2.75, 3.05) is 0 Å². The summed E-state index contributed by atoms with van der Waals surface area (Å²) in [6.07, 6.45) is 0. The van der Waals surface area contributed by atoms with E-state index in [-0.39, 0.29) is 0 Å². The van der Waals surface area contributed by atoms with E-state index < -0.39 is 13.3 Å². The van der Waals surface area contributed by atoms with Crippen LogP contribution in [0.4, 0.5) is 0 Å². The molecule has 0 N–H and O–H groups in total. The molecule has 0 fully saturated rings. The molecule has 88 heavy (non-hydrogen) atoms. The first-order valence-electron chi connectivity index (χ1n) is 30.0. The molecule has 17 rings (SSSR count). The van der Waals surface area contributed by atoms with Crippen LogP contribution in [0.5, 0.6) is 0 Å². The van der Waals surface area contributed by atoms with Crippen LogP contribution in [-0.2, 0) is 0 Å². The first-order chi connectivity index (χ1) is 43.7. The van der Waals surface area contributed by atoms with E-state index >= 15 is 0 Å². The molecule has 17 aromatic rings. The summed E-state index contributed by atoms with van der Waals surface area (Å²) in [7, 11) is 0. The summed E-state index contributed by atoms with van der Waals surface area (Å²) < 4.78 is 12.7. The number of rotatable bonds is 11. The molecule has 0 bridgehead atoms. The minimum atomic E-state index is -3.69. The molecule has 0 aliphatic carbocycles. The van der Waals surface area contributed by atoms with Gasteiger partial charge in [-0.05, 0) is 24.3 Å². The molecule has 0 aliphatic heterocycles. The van der Waals surface area contributed by atoms with Gasteiger partial charge in [-0.1, -0.05) is 84.9 Å². The standard InChI is InChI=1S/C81H54GeN6/c1-6-25-55(26-7-1)79-83-80(56-27-8-2-9-28-56)85-81(84-79)71-52-58(57-29-24-36-62(51-57)82(59-30-10-3-11-31-59,60-32-12-4-13-33-60)61-34-14-5-15-35-61)45-48-78(71)88-76-49-46-63(86-72-41-20-16-37-65(72)66-38-17-21-42-73(66)86)53-69(76)70-54-64(47-50-77(70)88)87-74-43-22-18-39-67(74)68-40-19-23-44-75(68)87/h1-54H. The van der Waals surface area contributed by atoms with Gasteiger partial charge in [0.1, 0.15) is 0 Å². The Balaban J connectivity index is 0.950. The Morgan fingerprint density at radius 3 is 0.989 bits per heavy atom. The van der Waals surface area contributed by atoms with Crippen LogP contribution in [0.3, 0.4) is 0 Å². The number of benzene rings is 13. The van der Waals surface area contributed by atoms with E-state index in [4.69, 9.17) is 15.0 Å². The van der Waals surface area contributed by atoms with Gasteiger partial charge in [-0.2, -0.15) is 0 Å². The van der Waals surface area contributed by atoms with E-state index in [1.165, 1.54) is 39.1 Å². The quantitative estimate of drug-likeness (QED) is 0.121. The molecule has 0 saturated carbocycles. The summed E-state index contributed by atoms with van der Waals surface area (Å²) in [5.41, 5.74) is 14.7. The summed E-state index contributed by atoms with van der Waals surface area (Å²) >= 11 is -3.69. The average Bonchev–Trinajstić information content (AvgIpc) is 1.84. The molecule has 0 atom stereocenters. The Morgan fingerprint density at radius 1 is 0.216 bits per heavy atom. The van der Waals surface area contributed by atoms with Crippen LogP contribution in [-0.4, -0.2) is 41.9 Å². The molecular formula is C81H54GeN6. The van der Waals surface area contributed by atoms with Gasteiger partial charge in [0.05, 0.1) is 22.1 Å². The van der Waals surface area contributed by atoms with Gasteiger partial charge in [-0.3, -0.25) is 0 Å². The van der Waals surface area contributed by atoms with E-state index in [9.17, 15) is 0 Å². The minimum absolute atomic E-state index is 0.573. The topological polar surface area (TPSA) is 53.5 Å². The van der Waals surface area contributed by atoms with E-state index in [1.807, 2.05) is 36.4 Å². The van der Waals surface area contributed by atoms with E-state index in [1.54, 1.807) is 0 Å². The maximum absolute atomic E-state index is 5.52. The second-order valence-corrected chi connectivity index (χ2v) is 30.7. The zero-order valence-electron chi connectivity index (χ0n) is 47.9. The summed E-state index contributed by atoms with van der Waals surface area (Å²) in [6.45, 7) is 0. The number of para-hydroxylation sites is 4. The van der Waals surface area contributed by atoms with E-state index in [2.05, 4.69) is 305 Å². The van der Waals surface area contributed by atoms with Crippen molar-refractivity contribution in [2.45, 2.75) is 0 Å². The fourth-order valence-corrected chi connectivity index (χ4v) is 24.0. The van der Waals surface area contributed by atoms with Crippen molar-refractivity contribution in [2.24, 2.45) is 0 Å². The summed E-state index contributed by atoms with van der Waals surface area (Å²) in [4.78, 5) is 16.3. The number of hydrogen-bond donors (Lipinski definition) is 0. The van der Waals surface area contributed by atoms with Crippen molar-refractivity contribution < 1.29 is 0 Å². The Bertz CT molecular complexity index is 5070. The summed E-state index contributed by atoms with van der Waals surface area (Å²) in [5, 5.41) is 7.13. The Kier molecular flexibility index (Phi) is 12.3. The van der Waals surface area contributed by atoms with E-state index in [0.29, 0.717) is 17.5 Å². The van der Waals surface area contributed by atoms with Crippen LogP contribution in [0, 0.1) is 0 Å². The van der Waals surface area contributed by atoms with Gasteiger partial charge < -0.3 is 9.13 Å². The fourth-order valence-electron chi connectivity index (χ4n) is 14.0. The van der Waals surface area contributed by atoms with E-state index in [0.717, 1.165) is 88.8 Å². The summed E-state index contributed by atoms with van der Waals surface area (Å²) in [6, 6.07) is 120. The van der Waals surface area contributed by atoms with Crippen LogP contribution in [0.15, 0.2) is 328 Å². The monoisotopic (exact) mass is 1180 g/mol. The molecule has 4 aromatic heterocycles. The number of nitrogens with zero attached hydrogens (tertiary/aromatic N) is 6. The first kappa shape index (κ1) is 51.3. The van der Waals surface area contributed by atoms with Gasteiger partial charge in [0.2, 0.25) is 0 Å². The van der Waals surface area contributed by atoms with Gasteiger partial charge in [0.25, 0.3) is 0 Å². The average molecular weight is 1180 g/mol. The SMILES string of the molecule is c1ccc(-c2nc(-c3ccccc3)nc(-c3cc(-c4ccc[c]([Ge]([c]5ccccc5)([c]5ccccc5)[c]5ccccc5)c4)ccc3-n3c4ccc(-n5c6ccccc6c6ccccc65)cc4c4cc(-n5c6ccccc6c6ccccc65)ccc43)n2)cc1. The normalized spacial score (nSPS) is 11.9. The molecule has 7 heteroatoms. The van der Waals surface area contributed by atoms with Crippen LogP contribution >= 0.6 is 0 Å². The zero-order valence-corrected chi connectivity index (χ0v) is 50.0. The van der Waals surface area contributed by atoms with Gasteiger partial charge >= 0.3 is 353 Å². The third kappa shape index (κ3) is 8.28. The van der Waals surface area contributed by atoms with Crippen molar-refractivity contribution in [1.82, 2.24) is 28.7 Å². The molecule has 6 nitrogen and oxygen atoms in total. The van der Waals surface area contributed by atoms with Crippen molar-refractivity contribution in [1.29, 1.82) is 0 Å². The van der Waals surface area contributed by atoms with Gasteiger partial charge in [0, 0.05) is 21.5 Å². The predicted molar refractivity (Wildman–Crippen MR) is 368 cm³/mol.